The number of benzene rings is 1. The molecule has 0 spiro atoms. The third-order valence-corrected chi connectivity index (χ3v) is 2.38. The Balaban J connectivity index is 2.44. The third-order valence-electron chi connectivity index (χ3n) is 2.09. The summed E-state index contributed by atoms with van der Waals surface area (Å²) in [6.07, 6.45) is 1.30. The monoisotopic (exact) mass is 266 g/mol. The van der Waals surface area contributed by atoms with E-state index < -0.39 is 11.6 Å². The molecule has 0 saturated heterocycles. The van der Waals surface area contributed by atoms with Crippen molar-refractivity contribution >= 4 is 11.6 Å². The van der Waals surface area contributed by atoms with E-state index in [9.17, 15) is 8.78 Å². The van der Waals surface area contributed by atoms with Crippen LogP contribution in [0.1, 0.15) is 5.56 Å². The summed E-state index contributed by atoms with van der Waals surface area (Å²) < 4.78 is 31.5. The molecule has 2 aromatic rings. The Morgan fingerprint density at radius 2 is 2.00 bits per heavy atom. The molecule has 1 heterocycles. The Kier molecular flexibility index (Phi) is 3.40. The molecule has 0 bridgehead atoms. The van der Waals surface area contributed by atoms with Crippen molar-refractivity contribution in [2.45, 2.75) is 0 Å². The molecule has 0 N–H and O–H groups in total. The summed E-state index contributed by atoms with van der Waals surface area (Å²) in [4.78, 5) is 3.69. The van der Waals surface area contributed by atoms with Crippen LogP contribution in [0, 0.1) is 23.0 Å². The molecule has 3 nitrogen and oxygen atoms in total. The number of nitrogens with zero attached hydrogens (tertiary/aromatic N) is 2. The normalized spacial score (nSPS) is 9.89. The minimum Gasteiger partial charge on any atom is -0.453 e. The van der Waals surface area contributed by atoms with E-state index in [0.717, 1.165) is 18.2 Å². The highest BCUT2D eigenvalue weighted by Gasteiger charge is 2.12. The average molecular weight is 267 g/mol. The molecule has 2 rings (SSSR count). The Morgan fingerprint density at radius 3 is 2.72 bits per heavy atom. The van der Waals surface area contributed by atoms with Crippen molar-refractivity contribution in [2.24, 2.45) is 0 Å². The summed E-state index contributed by atoms with van der Waals surface area (Å²) in [7, 11) is 0. The molecular formula is C12H5ClF2N2O. The maximum atomic E-state index is 13.4. The second-order valence-electron chi connectivity index (χ2n) is 3.26. The van der Waals surface area contributed by atoms with Crippen LogP contribution in [-0.2, 0) is 0 Å². The molecule has 90 valence electrons. The van der Waals surface area contributed by atoms with E-state index in [4.69, 9.17) is 21.6 Å². The summed E-state index contributed by atoms with van der Waals surface area (Å²) in [5.74, 6) is -1.70. The molecule has 0 amide bonds. The first-order chi connectivity index (χ1) is 8.61. The standard InChI is InChI=1S/C12H5ClF2N2O/c13-12-8(6-16)10(3-4-17-12)18-11-5-7(14)1-2-9(11)15/h1-5H. The van der Waals surface area contributed by atoms with Gasteiger partial charge in [-0.3, -0.25) is 0 Å². The number of pyridine rings is 1. The fourth-order valence-electron chi connectivity index (χ4n) is 1.28. The number of ether oxygens (including phenoxy) is 1. The first-order valence-corrected chi connectivity index (χ1v) is 5.17. The molecule has 0 atom stereocenters. The number of hydrogen-bond acceptors (Lipinski definition) is 3. The van der Waals surface area contributed by atoms with E-state index in [0.29, 0.717) is 0 Å². The molecule has 0 aliphatic carbocycles. The van der Waals surface area contributed by atoms with Crippen LogP contribution in [-0.4, -0.2) is 4.98 Å². The van der Waals surface area contributed by atoms with Crippen molar-refractivity contribution in [3.8, 4) is 17.6 Å². The molecule has 6 heteroatoms. The predicted octanol–water partition coefficient (Wildman–Crippen LogP) is 3.68. The summed E-state index contributed by atoms with van der Waals surface area (Å²) in [5, 5.41) is 8.82. The molecule has 0 aliphatic heterocycles. The van der Waals surface area contributed by atoms with Crippen LogP contribution in [0.3, 0.4) is 0 Å². The Hall–Kier alpha value is -2.19. The van der Waals surface area contributed by atoms with Crippen LogP contribution < -0.4 is 4.74 Å². The van der Waals surface area contributed by atoms with Crippen LogP contribution >= 0.6 is 11.6 Å². The smallest absolute Gasteiger partial charge is 0.166 e. The SMILES string of the molecule is N#Cc1c(Oc2cc(F)ccc2F)ccnc1Cl. The van der Waals surface area contributed by atoms with Gasteiger partial charge in [-0.2, -0.15) is 5.26 Å². The van der Waals surface area contributed by atoms with Gasteiger partial charge in [-0.05, 0) is 12.1 Å². The minimum absolute atomic E-state index is 0.0157. The quantitative estimate of drug-likeness (QED) is 0.779. The summed E-state index contributed by atoms with van der Waals surface area (Å²) in [5.41, 5.74) is -0.0390. The lowest BCUT2D eigenvalue weighted by Gasteiger charge is -2.08. The number of nitriles is 1. The number of aromatic nitrogens is 1. The van der Waals surface area contributed by atoms with Crippen molar-refractivity contribution in [3.63, 3.8) is 0 Å². The van der Waals surface area contributed by atoms with Gasteiger partial charge in [0.15, 0.2) is 16.7 Å². The molecule has 0 aliphatic rings. The van der Waals surface area contributed by atoms with Crippen LogP contribution in [0.5, 0.6) is 11.5 Å². The lowest BCUT2D eigenvalue weighted by Crippen LogP contribution is -1.93. The van der Waals surface area contributed by atoms with E-state index in [1.165, 1.54) is 12.3 Å². The number of hydrogen-bond donors (Lipinski definition) is 0. The fourth-order valence-corrected chi connectivity index (χ4v) is 1.47. The fraction of sp³-hybridized carbons (Fsp3) is 0. The van der Waals surface area contributed by atoms with Gasteiger partial charge in [0, 0.05) is 18.3 Å². The molecule has 0 unspecified atom stereocenters. The Labute approximate surface area is 106 Å². The summed E-state index contributed by atoms with van der Waals surface area (Å²) in [6.45, 7) is 0. The van der Waals surface area contributed by atoms with E-state index >= 15 is 0 Å². The zero-order valence-corrected chi connectivity index (χ0v) is 9.58. The molecule has 1 aromatic heterocycles. The van der Waals surface area contributed by atoms with Gasteiger partial charge in [-0.25, -0.2) is 13.8 Å². The van der Waals surface area contributed by atoms with Crippen LogP contribution in [0.2, 0.25) is 5.15 Å². The highest BCUT2D eigenvalue weighted by Crippen LogP contribution is 2.30. The van der Waals surface area contributed by atoms with Crippen molar-refractivity contribution in [1.29, 1.82) is 5.26 Å². The van der Waals surface area contributed by atoms with Crippen molar-refractivity contribution in [2.75, 3.05) is 0 Å². The molecule has 0 saturated carbocycles. The lowest BCUT2D eigenvalue weighted by molar-refractivity contribution is 0.435. The predicted molar refractivity (Wildman–Crippen MR) is 60.4 cm³/mol. The van der Waals surface area contributed by atoms with Crippen molar-refractivity contribution in [1.82, 2.24) is 4.98 Å². The molecule has 0 fully saturated rings. The van der Waals surface area contributed by atoms with Gasteiger partial charge in [-0.15, -0.1) is 0 Å². The first-order valence-electron chi connectivity index (χ1n) is 4.79. The van der Waals surface area contributed by atoms with Gasteiger partial charge in [0.2, 0.25) is 0 Å². The van der Waals surface area contributed by atoms with Crippen molar-refractivity contribution in [3.05, 3.63) is 52.8 Å². The van der Waals surface area contributed by atoms with Gasteiger partial charge in [0.1, 0.15) is 23.2 Å². The molecular weight excluding hydrogens is 262 g/mol. The maximum absolute atomic E-state index is 13.4. The molecule has 18 heavy (non-hydrogen) atoms. The van der Waals surface area contributed by atoms with Gasteiger partial charge < -0.3 is 4.74 Å². The van der Waals surface area contributed by atoms with Crippen molar-refractivity contribution < 1.29 is 13.5 Å². The van der Waals surface area contributed by atoms with E-state index in [2.05, 4.69) is 4.98 Å². The summed E-state index contributed by atoms with van der Waals surface area (Å²) >= 11 is 5.69. The largest absolute Gasteiger partial charge is 0.453 e. The average Bonchev–Trinajstić information content (AvgIpc) is 2.34. The molecule has 0 radical (unpaired) electrons. The van der Waals surface area contributed by atoms with Gasteiger partial charge >= 0.3 is 0 Å². The van der Waals surface area contributed by atoms with Crippen LogP contribution in [0.25, 0.3) is 0 Å². The van der Waals surface area contributed by atoms with Crippen LogP contribution in [0.4, 0.5) is 8.78 Å². The lowest BCUT2D eigenvalue weighted by atomic mass is 10.2. The first kappa shape index (κ1) is 12.3. The van der Waals surface area contributed by atoms with E-state index in [1.807, 2.05) is 0 Å². The second-order valence-corrected chi connectivity index (χ2v) is 3.62. The maximum Gasteiger partial charge on any atom is 0.166 e. The van der Waals surface area contributed by atoms with E-state index in [1.54, 1.807) is 6.07 Å². The topological polar surface area (TPSA) is 45.9 Å². The van der Waals surface area contributed by atoms with Gasteiger partial charge in [-0.1, -0.05) is 11.6 Å². The van der Waals surface area contributed by atoms with E-state index in [-0.39, 0.29) is 22.2 Å². The zero-order chi connectivity index (χ0) is 13.1. The zero-order valence-electron chi connectivity index (χ0n) is 8.82. The van der Waals surface area contributed by atoms with Crippen LogP contribution in [0.15, 0.2) is 30.5 Å². The number of rotatable bonds is 2. The minimum atomic E-state index is -0.742. The third kappa shape index (κ3) is 2.39. The summed E-state index contributed by atoms with van der Waals surface area (Å²) in [6, 6.07) is 5.90. The van der Waals surface area contributed by atoms with Gasteiger partial charge in [0.25, 0.3) is 0 Å². The second kappa shape index (κ2) is 4.98. The highest BCUT2D eigenvalue weighted by molar-refractivity contribution is 6.30. The molecule has 1 aromatic carbocycles. The van der Waals surface area contributed by atoms with Gasteiger partial charge in [0.05, 0.1) is 0 Å². The Morgan fingerprint density at radius 1 is 1.22 bits per heavy atom. The number of halogens is 3. The Bertz CT molecular complexity index is 640. The highest BCUT2D eigenvalue weighted by atomic mass is 35.5.